The second-order valence-electron chi connectivity index (χ2n) is 4.65. The topological polar surface area (TPSA) is 101 Å². The fourth-order valence-electron chi connectivity index (χ4n) is 1.94. The first kappa shape index (κ1) is 13.8. The molecule has 1 saturated heterocycles. The first-order chi connectivity index (χ1) is 8.94. The van der Waals surface area contributed by atoms with Gasteiger partial charge in [0.1, 0.15) is 0 Å². The summed E-state index contributed by atoms with van der Waals surface area (Å²) < 4.78 is 26.2. The lowest BCUT2D eigenvalue weighted by Gasteiger charge is -2.12. The highest BCUT2D eigenvalue weighted by atomic mass is 32.2. The first-order valence-electron chi connectivity index (χ1n) is 6.06. The van der Waals surface area contributed by atoms with Crippen molar-refractivity contribution in [1.82, 2.24) is 10.0 Å². The molecule has 1 aromatic rings. The van der Waals surface area contributed by atoms with E-state index in [1.165, 1.54) is 0 Å². The Kier molecular flexibility index (Phi) is 4.06. The number of nitrogen functional groups attached to an aromatic ring is 1. The van der Waals surface area contributed by atoms with Gasteiger partial charge in [-0.1, -0.05) is 12.1 Å². The normalized spacial score (nSPS) is 19.4. The molecular weight excluding hydrogens is 266 g/mol. The molecule has 1 aromatic carbocycles. The molecule has 0 aromatic heterocycles. The number of carbonyl (C=O) groups is 1. The molecule has 7 heteroatoms. The summed E-state index contributed by atoms with van der Waals surface area (Å²) >= 11 is 0. The highest BCUT2D eigenvalue weighted by Gasteiger charge is 2.22. The van der Waals surface area contributed by atoms with E-state index in [2.05, 4.69) is 10.0 Å². The molecule has 0 bridgehead atoms. The maximum atomic E-state index is 11.9. The van der Waals surface area contributed by atoms with Crippen molar-refractivity contribution >= 4 is 21.6 Å². The zero-order chi connectivity index (χ0) is 13.9. The highest BCUT2D eigenvalue weighted by Crippen LogP contribution is 2.10. The number of benzene rings is 1. The number of sulfonamides is 1. The van der Waals surface area contributed by atoms with Crippen LogP contribution in [0.3, 0.4) is 0 Å². The molecule has 2 rings (SSSR count). The third-order valence-electron chi connectivity index (χ3n) is 2.97. The molecule has 1 unspecified atom stereocenters. The van der Waals surface area contributed by atoms with E-state index >= 15 is 0 Å². The number of amides is 1. The fraction of sp³-hybridized carbons (Fsp3) is 0.417. The molecule has 0 spiro atoms. The number of hydrogen-bond donors (Lipinski definition) is 3. The van der Waals surface area contributed by atoms with Crippen LogP contribution in [0, 0.1) is 0 Å². The van der Waals surface area contributed by atoms with Gasteiger partial charge in [0, 0.05) is 24.7 Å². The van der Waals surface area contributed by atoms with Gasteiger partial charge in [-0.05, 0) is 24.1 Å². The summed E-state index contributed by atoms with van der Waals surface area (Å²) in [4.78, 5) is 11.0. The van der Waals surface area contributed by atoms with Gasteiger partial charge in [0.25, 0.3) is 0 Å². The number of hydrogen-bond acceptors (Lipinski definition) is 4. The Balaban J connectivity index is 1.88. The van der Waals surface area contributed by atoms with Crippen molar-refractivity contribution in [2.24, 2.45) is 0 Å². The monoisotopic (exact) mass is 283 g/mol. The van der Waals surface area contributed by atoms with E-state index in [1.54, 1.807) is 24.3 Å². The minimum atomic E-state index is -3.39. The van der Waals surface area contributed by atoms with Crippen molar-refractivity contribution in [2.75, 3.05) is 12.3 Å². The Labute approximate surface area is 112 Å². The van der Waals surface area contributed by atoms with Crippen molar-refractivity contribution in [3.8, 4) is 0 Å². The van der Waals surface area contributed by atoms with Crippen molar-refractivity contribution in [2.45, 2.75) is 24.6 Å². The van der Waals surface area contributed by atoms with Crippen LogP contribution in [0.4, 0.5) is 5.69 Å². The summed E-state index contributed by atoms with van der Waals surface area (Å²) in [5.74, 6) is -0.115. The Hall–Kier alpha value is -1.60. The van der Waals surface area contributed by atoms with Crippen LogP contribution >= 0.6 is 0 Å². The fourth-order valence-corrected chi connectivity index (χ4v) is 3.13. The molecule has 1 aliphatic heterocycles. The van der Waals surface area contributed by atoms with E-state index in [0.717, 1.165) is 0 Å². The number of rotatable bonds is 5. The average Bonchev–Trinajstić information content (AvgIpc) is 2.76. The van der Waals surface area contributed by atoms with Crippen LogP contribution < -0.4 is 15.8 Å². The summed E-state index contributed by atoms with van der Waals surface area (Å²) in [5.41, 5.74) is 6.82. The van der Waals surface area contributed by atoms with Gasteiger partial charge in [-0.2, -0.15) is 0 Å². The summed E-state index contributed by atoms with van der Waals surface area (Å²) in [5, 5.41) is 2.72. The Morgan fingerprint density at radius 1 is 1.32 bits per heavy atom. The average molecular weight is 283 g/mol. The van der Waals surface area contributed by atoms with E-state index in [0.29, 0.717) is 24.1 Å². The van der Waals surface area contributed by atoms with Crippen molar-refractivity contribution < 1.29 is 13.2 Å². The maximum Gasteiger partial charge on any atom is 0.220 e. The Morgan fingerprint density at radius 2 is 2.00 bits per heavy atom. The maximum absolute atomic E-state index is 11.9. The number of anilines is 1. The molecule has 1 heterocycles. The van der Waals surface area contributed by atoms with Crippen LogP contribution in [0.15, 0.2) is 24.3 Å². The van der Waals surface area contributed by atoms with E-state index in [9.17, 15) is 13.2 Å². The molecule has 4 N–H and O–H groups in total. The molecule has 0 aliphatic carbocycles. The Morgan fingerprint density at radius 3 is 2.58 bits per heavy atom. The summed E-state index contributed by atoms with van der Waals surface area (Å²) in [7, 11) is -3.39. The lowest BCUT2D eigenvalue weighted by atomic mass is 10.2. The quantitative estimate of drug-likeness (QED) is 0.660. The smallest absolute Gasteiger partial charge is 0.220 e. The largest absolute Gasteiger partial charge is 0.399 e. The zero-order valence-electron chi connectivity index (χ0n) is 10.4. The van der Waals surface area contributed by atoms with Gasteiger partial charge in [-0.3, -0.25) is 4.79 Å². The SMILES string of the molecule is Nc1ccc(CS(=O)(=O)NCC2CCC(=O)N2)cc1. The molecule has 1 aliphatic rings. The first-order valence-corrected chi connectivity index (χ1v) is 7.71. The summed E-state index contributed by atoms with van der Waals surface area (Å²) in [6.07, 6.45) is 1.13. The molecule has 1 amide bonds. The van der Waals surface area contributed by atoms with Crippen molar-refractivity contribution in [3.63, 3.8) is 0 Å². The van der Waals surface area contributed by atoms with E-state index in [1.807, 2.05) is 0 Å². The molecule has 6 nitrogen and oxygen atoms in total. The lowest BCUT2D eigenvalue weighted by Crippen LogP contribution is -2.38. The van der Waals surface area contributed by atoms with Crippen LogP contribution in [-0.2, 0) is 20.6 Å². The summed E-state index contributed by atoms with van der Waals surface area (Å²) in [6, 6.07) is 6.61. The van der Waals surface area contributed by atoms with Crippen molar-refractivity contribution in [3.05, 3.63) is 29.8 Å². The van der Waals surface area contributed by atoms with E-state index < -0.39 is 10.0 Å². The third-order valence-corrected chi connectivity index (χ3v) is 4.29. The second kappa shape index (κ2) is 5.58. The molecule has 19 heavy (non-hydrogen) atoms. The van der Waals surface area contributed by atoms with Gasteiger partial charge in [-0.15, -0.1) is 0 Å². The van der Waals surface area contributed by atoms with Crippen LogP contribution in [-0.4, -0.2) is 26.9 Å². The van der Waals surface area contributed by atoms with E-state index in [-0.39, 0.29) is 24.2 Å². The van der Waals surface area contributed by atoms with Crippen LogP contribution in [0.25, 0.3) is 0 Å². The molecule has 1 fully saturated rings. The zero-order valence-corrected chi connectivity index (χ0v) is 11.2. The number of nitrogens with one attached hydrogen (secondary N) is 2. The molecule has 0 saturated carbocycles. The lowest BCUT2D eigenvalue weighted by molar-refractivity contribution is -0.119. The third kappa shape index (κ3) is 4.22. The summed E-state index contributed by atoms with van der Waals surface area (Å²) in [6.45, 7) is 0.239. The van der Waals surface area contributed by atoms with Gasteiger partial charge in [0.05, 0.1) is 5.75 Å². The predicted octanol–water partition coefficient (Wildman–Crippen LogP) is -0.0332. The number of carbonyl (C=O) groups excluding carboxylic acids is 1. The highest BCUT2D eigenvalue weighted by molar-refractivity contribution is 7.88. The molecule has 104 valence electrons. The molecule has 1 atom stereocenters. The van der Waals surface area contributed by atoms with Gasteiger partial charge in [-0.25, -0.2) is 13.1 Å². The van der Waals surface area contributed by atoms with Crippen LogP contribution in [0.5, 0.6) is 0 Å². The second-order valence-corrected chi connectivity index (χ2v) is 6.46. The minimum absolute atomic E-state index is 0.0252. The van der Waals surface area contributed by atoms with Gasteiger partial charge in [0.2, 0.25) is 15.9 Å². The van der Waals surface area contributed by atoms with Crippen LogP contribution in [0.2, 0.25) is 0 Å². The van der Waals surface area contributed by atoms with Gasteiger partial charge >= 0.3 is 0 Å². The predicted molar refractivity (Wildman–Crippen MR) is 72.6 cm³/mol. The molecule has 0 radical (unpaired) electrons. The van der Waals surface area contributed by atoms with Gasteiger partial charge in [0.15, 0.2) is 0 Å². The Bertz CT molecular complexity index is 554. The standard InChI is InChI=1S/C12H17N3O3S/c13-10-3-1-9(2-4-10)8-19(17,18)14-7-11-5-6-12(16)15-11/h1-4,11,14H,5-8,13H2,(H,15,16). The van der Waals surface area contributed by atoms with E-state index in [4.69, 9.17) is 5.73 Å². The van der Waals surface area contributed by atoms with Crippen LogP contribution in [0.1, 0.15) is 18.4 Å². The molecular formula is C12H17N3O3S. The van der Waals surface area contributed by atoms with Crippen molar-refractivity contribution in [1.29, 1.82) is 0 Å². The minimum Gasteiger partial charge on any atom is -0.399 e. The number of nitrogens with two attached hydrogens (primary N) is 1. The van der Waals surface area contributed by atoms with Gasteiger partial charge < -0.3 is 11.1 Å².